The predicted molar refractivity (Wildman–Crippen MR) is 57.1 cm³/mol. The van der Waals surface area contributed by atoms with Crippen molar-refractivity contribution >= 4 is 17.7 Å². The molecular weight excluding hydrogens is 200 g/mol. The predicted octanol–water partition coefficient (Wildman–Crippen LogP) is 1.86. The number of benzene rings is 1. The molecule has 0 heterocycles. The Balaban J connectivity index is 2.87. The van der Waals surface area contributed by atoms with Gasteiger partial charge < -0.3 is 10.2 Å². The first kappa shape index (κ1) is 11.0. The number of hydrogen-bond acceptors (Lipinski definition) is 2. The third kappa shape index (κ3) is 3.36. The van der Waals surface area contributed by atoms with E-state index in [0.29, 0.717) is 10.6 Å². The number of hydrogen-bond donors (Lipinski definition) is 2. The summed E-state index contributed by atoms with van der Waals surface area (Å²) in [6.07, 6.45) is 1.69. The van der Waals surface area contributed by atoms with Gasteiger partial charge in [-0.25, -0.2) is 0 Å². The van der Waals surface area contributed by atoms with E-state index in [0.717, 1.165) is 5.56 Å². The van der Waals surface area contributed by atoms with E-state index in [9.17, 15) is 0 Å². The molecule has 0 bridgehead atoms. The SMILES string of the molecule is OCC(=C=Cc1ccc(Cl)cc1)CO. The molecule has 1 aromatic rings. The molecule has 0 spiro atoms. The number of aliphatic hydroxyl groups excluding tert-OH is 2. The van der Waals surface area contributed by atoms with E-state index < -0.39 is 0 Å². The second kappa shape index (κ2) is 5.63. The van der Waals surface area contributed by atoms with E-state index in [-0.39, 0.29) is 13.2 Å². The lowest BCUT2D eigenvalue weighted by Gasteiger charge is -1.93. The van der Waals surface area contributed by atoms with E-state index in [1.807, 2.05) is 12.1 Å². The smallest absolute Gasteiger partial charge is 0.0738 e. The molecule has 1 aromatic carbocycles. The summed E-state index contributed by atoms with van der Waals surface area (Å²) in [5.74, 6) is 0. The van der Waals surface area contributed by atoms with E-state index in [1.54, 1.807) is 18.2 Å². The van der Waals surface area contributed by atoms with Crippen LogP contribution in [0, 0.1) is 0 Å². The minimum Gasteiger partial charge on any atom is -0.391 e. The molecule has 74 valence electrons. The zero-order chi connectivity index (χ0) is 10.4. The van der Waals surface area contributed by atoms with Crippen LogP contribution >= 0.6 is 11.6 Å². The fourth-order valence-electron chi connectivity index (χ4n) is 0.886. The Bertz CT molecular complexity index is 342. The fourth-order valence-corrected chi connectivity index (χ4v) is 1.01. The van der Waals surface area contributed by atoms with Gasteiger partial charge in [0.1, 0.15) is 0 Å². The molecule has 0 aliphatic rings. The average molecular weight is 211 g/mol. The van der Waals surface area contributed by atoms with Gasteiger partial charge in [-0.05, 0) is 23.8 Å². The molecule has 0 aromatic heterocycles. The fraction of sp³-hybridized carbons (Fsp3) is 0.182. The van der Waals surface area contributed by atoms with Crippen LogP contribution in [0.25, 0.3) is 6.08 Å². The van der Waals surface area contributed by atoms with Crippen LogP contribution in [0.5, 0.6) is 0 Å². The van der Waals surface area contributed by atoms with Gasteiger partial charge in [-0.1, -0.05) is 23.7 Å². The molecule has 0 saturated carbocycles. The van der Waals surface area contributed by atoms with Crippen molar-refractivity contribution in [2.45, 2.75) is 0 Å². The standard InChI is InChI=1S/C11H11ClO2/c12-11-5-3-9(4-6-11)1-2-10(7-13)8-14/h1,3-6,13-14H,7-8H2. The van der Waals surface area contributed by atoms with Gasteiger partial charge in [-0.15, -0.1) is 5.73 Å². The molecule has 0 fully saturated rings. The Morgan fingerprint density at radius 3 is 2.29 bits per heavy atom. The molecule has 0 aliphatic heterocycles. The maximum absolute atomic E-state index is 8.75. The third-order valence-corrected chi connectivity index (χ3v) is 1.95. The molecule has 3 heteroatoms. The van der Waals surface area contributed by atoms with Crippen molar-refractivity contribution in [1.29, 1.82) is 0 Å². The monoisotopic (exact) mass is 210 g/mol. The highest BCUT2D eigenvalue weighted by Gasteiger charge is 1.89. The van der Waals surface area contributed by atoms with Gasteiger partial charge in [0.05, 0.1) is 13.2 Å². The normalized spacial score (nSPS) is 9.36. The topological polar surface area (TPSA) is 40.5 Å². The van der Waals surface area contributed by atoms with Crippen LogP contribution in [0.2, 0.25) is 5.02 Å². The van der Waals surface area contributed by atoms with Crippen molar-refractivity contribution in [3.8, 4) is 0 Å². The second-order valence-corrected chi connectivity index (χ2v) is 3.20. The van der Waals surface area contributed by atoms with Gasteiger partial charge in [-0.2, -0.15) is 0 Å². The number of halogens is 1. The third-order valence-electron chi connectivity index (χ3n) is 1.69. The Morgan fingerprint density at radius 1 is 1.21 bits per heavy atom. The second-order valence-electron chi connectivity index (χ2n) is 2.76. The zero-order valence-electron chi connectivity index (χ0n) is 7.57. The van der Waals surface area contributed by atoms with Gasteiger partial charge in [0.25, 0.3) is 0 Å². The molecule has 0 unspecified atom stereocenters. The molecule has 2 nitrogen and oxygen atoms in total. The van der Waals surface area contributed by atoms with Gasteiger partial charge in [0.15, 0.2) is 0 Å². The van der Waals surface area contributed by atoms with Crippen LogP contribution in [0.3, 0.4) is 0 Å². The molecular formula is C11H11ClO2. The lowest BCUT2D eigenvalue weighted by atomic mass is 10.2. The zero-order valence-corrected chi connectivity index (χ0v) is 8.33. The van der Waals surface area contributed by atoms with Crippen LogP contribution in [0.1, 0.15) is 5.56 Å². The number of rotatable bonds is 3. The summed E-state index contributed by atoms with van der Waals surface area (Å²) in [5.41, 5.74) is 4.19. The van der Waals surface area contributed by atoms with Crippen LogP contribution in [-0.4, -0.2) is 23.4 Å². The summed E-state index contributed by atoms with van der Waals surface area (Å²) in [7, 11) is 0. The van der Waals surface area contributed by atoms with E-state index >= 15 is 0 Å². The minimum atomic E-state index is -0.180. The Morgan fingerprint density at radius 2 is 1.79 bits per heavy atom. The van der Waals surface area contributed by atoms with Crippen molar-refractivity contribution in [3.05, 3.63) is 46.2 Å². The van der Waals surface area contributed by atoms with Gasteiger partial charge in [0.2, 0.25) is 0 Å². The first-order valence-corrected chi connectivity index (χ1v) is 4.56. The average Bonchev–Trinajstić information content (AvgIpc) is 2.22. The van der Waals surface area contributed by atoms with Crippen molar-refractivity contribution in [3.63, 3.8) is 0 Å². The van der Waals surface area contributed by atoms with E-state index in [4.69, 9.17) is 21.8 Å². The molecule has 2 N–H and O–H groups in total. The Labute approximate surface area is 87.8 Å². The maximum Gasteiger partial charge on any atom is 0.0738 e. The lowest BCUT2D eigenvalue weighted by molar-refractivity contribution is 0.277. The molecule has 1 rings (SSSR count). The molecule has 0 atom stereocenters. The lowest BCUT2D eigenvalue weighted by Crippen LogP contribution is -1.93. The van der Waals surface area contributed by atoms with E-state index in [1.165, 1.54) is 0 Å². The minimum absolute atomic E-state index is 0.180. The molecule has 0 saturated heterocycles. The van der Waals surface area contributed by atoms with Gasteiger partial charge in [-0.3, -0.25) is 0 Å². The summed E-state index contributed by atoms with van der Waals surface area (Å²) in [4.78, 5) is 0. The highest BCUT2D eigenvalue weighted by molar-refractivity contribution is 6.30. The Hall–Kier alpha value is -1.05. The van der Waals surface area contributed by atoms with Crippen molar-refractivity contribution in [2.24, 2.45) is 0 Å². The summed E-state index contributed by atoms with van der Waals surface area (Å²) >= 11 is 5.71. The van der Waals surface area contributed by atoms with Gasteiger partial charge in [0, 0.05) is 10.6 Å². The molecule has 0 amide bonds. The van der Waals surface area contributed by atoms with E-state index in [2.05, 4.69) is 5.73 Å². The molecule has 14 heavy (non-hydrogen) atoms. The maximum atomic E-state index is 8.75. The van der Waals surface area contributed by atoms with Crippen LogP contribution in [-0.2, 0) is 0 Å². The highest BCUT2D eigenvalue weighted by atomic mass is 35.5. The molecule has 0 aliphatic carbocycles. The summed E-state index contributed by atoms with van der Waals surface area (Å²) in [6.45, 7) is -0.360. The van der Waals surface area contributed by atoms with Gasteiger partial charge >= 0.3 is 0 Å². The highest BCUT2D eigenvalue weighted by Crippen LogP contribution is 2.10. The van der Waals surface area contributed by atoms with Crippen LogP contribution in [0.4, 0.5) is 0 Å². The first-order valence-electron chi connectivity index (χ1n) is 4.18. The summed E-state index contributed by atoms with van der Waals surface area (Å²) in [5, 5.41) is 18.2. The summed E-state index contributed by atoms with van der Waals surface area (Å²) < 4.78 is 0. The molecule has 0 radical (unpaired) electrons. The summed E-state index contributed by atoms with van der Waals surface area (Å²) in [6, 6.07) is 7.21. The number of aliphatic hydroxyl groups is 2. The van der Waals surface area contributed by atoms with Crippen molar-refractivity contribution < 1.29 is 10.2 Å². The quantitative estimate of drug-likeness (QED) is 0.748. The first-order chi connectivity index (χ1) is 6.76. The Kier molecular flexibility index (Phi) is 4.44. The van der Waals surface area contributed by atoms with Crippen LogP contribution in [0.15, 0.2) is 35.6 Å². The van der Waals surface area contributed by atoms with Crippen molar-refractivity contribution in [2.75, 3.05) is 13.2 Å². The van der Waals surface area contributed by atoms with Crippen LogP contribution < -0.4 is 0 Å². The van der Waals surface area contributed by atoms with Crippen molar-refractivity contribution in [1.82, 2.24) is 0 Å². The largest absolute Gasteiger partial charge is 0.391 e.